The van der Waals surface area contributed by atoms with E-state index in [1.807, 2.05) is 6.07 Å². The molecule has 0 spiro atoms. The van der Waals surface area contributed by atoms with E-state index in [9.17, 15) is 18.5 Å². The fraction of sp³-hybridized carbons (Fsp3) is 0.133. The summed E-state index contributed by atoms with van der Waals surface area (Å²) in [7, 11) is -3.90. The number of nitro groups is 1. The Balaban J connectivity index is 2.34. The molecule has 0 fully saturated rings. The van der Waals surface area contributed by atoms with Crippen molar-refractivity contribution in [3.8, 4) is 6.07 Å². The van der Waals surface area contributed by atoms with Gasteiger partial charge in [-0.25, -0.2) is 8.42 Å². The molecule has 0 bridgehead atoms. The predicted octanol–water partition coefficient (Wildman–Crippen LogP) is 2.72. The summed E-state index contributed by atoms with van der Waals surface area (Å²) in [6.07, 6.45) is 0. The van der Waals surface area contributed by atoms with Crippen molar-refractivity contribution in [2.24, 2.45) is 0 Å². The van der Waals surface area contributed by atoms with Gasteiger partial charge >= 0.3 is 0 Å². The number of rotatable bonds is 5. The van der Waals surface area contributed by atoms with Crippen LogP contribution in [0.3, 0.4) is 0 Å². The maximum atomic E-state index is 12.3. The van der Waals surface area contributed by atoms with Gasteiger partial charge in [0.2, 0.25) is 10.0 Å². The largest absolute Gasteiger partial charge is 0.282 e. The third-order valence-electron chi connectivity index (χ3n) is 3.18. The lowest BCUT2D eigenvalue weighted by Gasteiger charge is -2.11. The monoisotopic (exact) mass is 331 g/mol. The number of sulfonamides is 1. The van der Waals surface area contributed by atoms with E-state index in [4.69, 9.17) is 5.26 Å². The molecule has 0 heterocycles. The standard InChI is InChI=1S/C15H13N3O4S/c1-11-5-4-7-14(13(11)9-16)17-23(21,22)10-12-6-2-3-8-15(12)18(19)20/h2-8,17H,10H2,1H3. The summed E-state index contributed by atoms with van der Waals surface area (Å²) < 4.78 is 26.9. The Morgan fingerprint density at radius 2 is 1.91 bits per heavy atom. The quantitative estimate of drug-likeness (QED) is 0.668. The molecule has 7 nitrogen and oxygen atoms in total. The van der Waals surface area contributed by atoms with Gasteiger partial charge < -0.3 is 0 Å². The highest BCUT2D eigenvalue weighted by Gasteiger charge is 2.20. The predicted molar refractivity (Wildman–Crippen MR) is 85.2 cm³/mol. The second kappa shape index (κ2) is 6.46. The molecule has 2 rings (SSSR count). The van der Waals surface area contributed by atoms with Crippen molar-refractivity contribution >= 4 is 21.4 Å². The average Bonchev–Trinajstić information content (AvgIpc) is 2.47. The summed E-state index contributed by atoms with van der Waals surface area (Å²) in [4.78, 5) is 10.3. The highest BCUT2D eigenvalue weighted by molar-refractivity contribution is 7.91. The lowest BCUT2D eigenvalue weighted by Crippen LogP contribution is -2.16. The third kappa shape index (κ3) is 3.84. The van der Waals surface area contributed by atoms with Gasteiger partial charge in [-0.3, -0.25) is 14.8 Å². The van der Waals surface area contributed by atoms with Crippen LogP contribution in [0.2, 0.25) is 0 Å². The van der Waals surface area contributed by atoms with Gasteiger partial charge in [0.1, 0.15) is 11.8 Å². The summed E-state index contributed by atoms with van der Waals surface area (Å²) >= 11 is 0. The Labute approximate surface area is 133 Å². The van der Waals surface area contributed by atoms with E-state index in [0.29, 0.717) is 5.56 Å². The zero-order valence-corrected chi connectivity index (χ0v) is 13.0. The molecule has 2 aromatic rings. The summed E-state index contributed by atoms with van der Waals surface area (Å²) in [6, 6.07) is 12.4. The molecule has 0 unspecified atom stereocenters. The SMILES string of the molecule is Cc1cccc(NS(=O)(=O)Cc2ccccc2[N+](=O)[O-])c1C#N. The van der Waals surface area contributed by atoms with Crippen LogP contribution in [0.5, 0.6) is 0 Å². The summed E-state index contributed by atoms with van der Waals surface area (Å²) in [5.41, 5.74) is 0.835. The van der Waals surface area contributed by atoms with Crippen molar-refractivity contribution in [1.82, 2.24) is 0 Å². The van der Waals surface area contributed by atoms with Crippen LogP contribution in [0.25, 0.3) is 0 Å². The zero-order valence-electron chi connectivity index (χ0n) is 12.2. The number of nitrogens with zero attached hydrogens (tertiary/aromatic N) is 2. The highest BCUT2D eigenvalue weighted by Crippen LogP contribution is 2.23. The van der Waals surface area contributed by atoms with E-state index < -0.39 is 20.7 Å². The van der Waals surface area contributed by atoms with E-state index in [1.54, 1.807) is 19.1 Å². The number of nitrogens with one attached hydrogen (secondary N) is 1. The van der Waals surface area contributed by atoms with Crippen LogP contribution in [-0.4, -0.2) is 13.3 Å². The second-order valence-corrected chi connectivity index (χ2v) is 6.58. The van der Waals surface area contributed by atoms with Crippen molar-refractivity contribution in [2.75, 3.05) is 4.72 Å². The molecule has 0 atom stereocenters. The van der Waals surface area contributed by atoms with Crippen LogP contribution < -0.4 is 4.72 Å². The van der Waals surface area contributed by atoms with E-state index in [2.05, 4.69) is 4.72 Å². The number of para-hydroxylation sites is 1. The Morgan fingerprint density at radius 3 is 2.57 bits per heavy atom. The minimum atomic E-state index is -3.90. The van der Waals surface area contributed by atoms with Crippen LogP contribution >= 0.6 is 0 Å². The van der Waals surface area contributed by atoms with Gasteiger partial charge in [-0.2, -0.15) is 5.26 Å². The van der Waals surface area contributed by atoms with Gasteiger partial charge in [0.05, 0.1) is 16.2 Å². The van der Waals surface area contributed by atoms with Crippen molar-refractivity contribution < 1.29 is 13.3 Å². The third-order valence-corrected chi connectivity index (χ3v) is 4.41. The molecule has 118 valence electrons. The topological polar surface area (TPSA) is 113 Å². The molecule has 0 aliphatic carbocycles. The first-order valence-corrected chi connectivity index (χ1v) is 8.22. The van der Waals surface area contributed by atoms with Gasteiger partial charge in [0.25, 0.3) is 5.69 Å². The van der Waals surface area contributed by atoms with Crippen molar-refractivity contribution in [1.29, 1.82) is 5.26 Å². The van der Waals surface area contributed by atoms with Crippen LogP contribution in [0.15, 0.2) is 42.5 Å². The zero-order chi connectivity index (χ0) is 17.0. The molecule has 0 aliphatic heterocycles. The van der Waals surface area contributed by atoms with Gasteiger partial charge in [-0.15, -0.1) is 0 Å². The van der Waals surface area contributed by atoms with Gasteiger partial charge in [-0.1, -0.05) is 30.3 Å². The lowest BCUT2D eigenvalue weighted by atomic mass is 10.1. The molecule has 0 radical (unpaired) electrons. The number of aryl methyl sites for hydroxylation is 1. The average molecular weight is 331 g/mol. The Bertz CT molecular complexity index is 901. The van der Waals surface area contributed by atoms with Crippen LogP contribution in [0.4, 0.5) is 11.4 Å². The molecule has 0 aliphatic rings. The van der Waals surface area contributed by atoms with Crippen LogP contribution in [-0.2, 0) is 15.8 Å². The first-order chi connectivity index (χ1) is 10.8. The van der Waals surface area contributed by atoms with Crippen molar-refractivity contribution in [3.63, 3.8) is 0 Å². The van der Waals surface area contributed by atoms with Gasteiger partial charge in [0.15, 0.2) is 0 Å². The fourth-order valence-corrected chi connectivity index (χ4v) is 3.35. The number of nitriles is 1. The molecule has 0 aromatic heterocycles. The maximum absolute atomic E-state index is 12.3. The molecular formula is C15H13N3O4S. The minimum absolute atomic E-state index is 0.0798. The van der Waals surface area contributed by atoms with E-state index in [-0.39, 0.29) is 22.5 Å². The van der Waals surface area contributed by atoms with Crippen molar-refractivity contribution in [2.45, 2.75) is 12.7 Å². The number of nitro benzene ring substituents is 1. The highest BCUT2D eigenvalue weighted by atomic mass is 32.2. The number of hydrogen-bond acceptors (Lipinski definition) is 5. The van der Waals surface area contributed by atoms with E-state index in [1.165, 1.54) is 30.3 Å². The van der Waals surface area contributed by atoms with Crippen molar-refractivity contribution in [3.05, 3.63) is 69.3 Å². The van der Waals surface area contributed by atoms with Gasteiger partial charge in [-0.05, 0) is 18.6 Å². The molecule has 23 heavy (non-hydrogen) atoms. The number of anilines is 1. The first kappa shape index (κ1) is 16.5. The first-order valence-electron chi connectivity index (χ1n) is 6.56. The second-order valence-electron chi connectivity index (χ2n) is 4.86. The molecule has 0 saturated carbocycles. The van der Waals surface area contributed by atoms with Crippen LogP contribution in [0.1, 0.15) is 16.7 Å². The molecule has 0 amide bonds. The van der Waals surface area contributed by atoms with E-state index in [0.717, 1.165) is 0 Å². The molecule has 2 aromatic carbocycles. The Hall–Kier alpha value is -2.92. The molecule has 1 N–H and O–H groups in total. The van der Waals surface area contributed by atoms with Gasteiger partial charge in [0, 0.05) is 11.6 Å². The normalized spacial score (nSPS) is 10.8. The smallest absolute Gasteiger partial charge is 0.273 e. The molecule has 0 saturated heterocycles. The summed E-state index contributed by atoms with van der Waals surface area (Å²) in [5, 5.41) is 20.1. The minimum Gasteiger partial charge on any atom is -0.282 e. The van der Waals surface area contributed by atoms with Crippen LogP contribution in [0, 0.1) is 28.4 Å². The summed E-state index contributed by atoms with van der Waals surface area (Å²) in [5.74, 6) is -0.553. The fourth-order valence-electron chi connectivity index (χ4n) is 2.12. The Kier molecular flexibility index (Phi) is 4.62. The molecular weight excluding hydrogens is 318 g/mol. The summed E-state index contributed by atoms with van der Waals surface area (Å²) in [6.45, 7) is 1.69. The maximum Gasteiger partial charge on any atom is 0.273 e. The lowest BCUT2D eigenvalue weighted by molar-refractivity contribution is -0.385. The van der Waals surface area contributed by atoms with E-state index >= 15 is 0 Å². The Morgan fingerprint density at radius 1 is 1.22 bits per heavy atom. The molecule has 8 heteroatoms. The number of hydrogen-bond donors (Lipinski definition) is 1. The number of benzene rings is 2.